The number of amides is 1. The minimum atomic E-state index is -0.451. The average molecular weight is 505 g/mol. The molecule has 2 atom stereocenters. The zero-order valence-corrected chi connectivity index (χ0v) is 22.2. The minimum Gasteiger partial charge on any atom is -0.493 e. The summed E-state index contributed by atoms with van der Waals surface area (Å²) in [6.07, 6.45) is 2.67. The number of benzene rings is 2. The zero-order valence-electron chi connectivity index (χ0n) is 21.4. The second-order valence-corrected chi connectivity index (χ2v) is 11.8. The molecule has 3 aromatic rings. The van der Waals surface area contributed by atoms with Gasteiger partial charge >= 0.3 is 5.97 Å². The molecule has 0 unspecified atom stereocenters. The number of anilines is 1. The van der Waals surface area contributed by atoms with E-state index in [1.807, 2.05) is 25.1 Å². The smallest absolute Gasteiger partial charge is 0.343 e. The number of rotatable bonds is 4. The fraction of sp³-hybridized carbons (Fsp3) is 0.379. The highest BCUT2D eigenvalue weighted by Gasteiger charge is 2.36. The Labute approximate surface area is 216 Å². The van der Waals surface area contributed by atoms with Crippen molar-refractivity contribution < 1.29 is 19.1 Å². The van der Waals surface area contributed by atoms with Gasteiger partial charge in [-0.15, -0.1) is 11.3 Å². The third kappa shape index (κ3) is 4.60. The molecule has 2 aliphatic rings. The SMILES string of the molecule is COc1cc([C@@H]2NC(=O)c3c(sc4c3CC[C@@H](C(C)(C)C)C4)N2)ccc1OC(=O)c1ccc(C)cc1. The van der Waals surface area contributed by atoms with Gasteiger partial charge in [0.05, 0.1) is 18.2 Å². The minimum absolute atomic E-state index is 0.0469. The summed E-state index contributed by atoms with van der Waals surface area (Å²) in [7, 11) is 1.53. The van der Waals surface area contributed by atoms with Crippen LogP contribution in [0.4, 0.5) is 5.00 Å². The van der Waals surface area contributed by atoms with Crippen molar-refractivity contribution in [2.75, 3.05) is 12.4 Å². The van der Waals surface area contributed by atoms with Gasteiger partial charge < -0.3 is 20.1 Å². The van der Waals surface area contributed by atoms with Crippen LogP contribution in [0.3, 0.4) is 0 Å². The molecule has 5 rings (SSSR count). The van der Waals surface area contributed by atoms with E-state index in [1.165, 1.54) is 17.6 Å². The fourth-order valence-electron chi connectivity index (χ4n) is 5.00. The molecule has 188 valence electrons. The van der Waals surface area contributed by atoms with Crippen LogP contribution in [0.1, 0.15) is 75.6 Å². The van der Waals surface area contributed by atoms with E-state index in [2.05, 4.69) is 31.4 Å². The van der Waals surface area contributed by atoms with Crippen molar-refractivity contribution >= 4 is 28.2 Å². The molecule has 36 heavy (non-hydrogen) atoms. The van der Waals surface area contributed by atoms with Crippen molar-refractivity contribution in [1.82, 2.24) is 5.32 Å². The van der Waals surface area contributed by atoms with Gasteiger partial charge in [-0.3, -0.25) is 4.79 Å². The van der Waals surface area contributed by atoms with E-state index >= 15 is 0 Å². The molecule has 0 radical (unpaired) electrons. The van der Waals surface area contributed by atoms with Gasteiger partial charge in [-0.2, -0.15) is 0 Å². The lowest BCUT2D eigenvalue weighted by molar-refractivity contribution is 0.0729. The maximum absolute atomic E-state index is 13.2. The monoisotopic (exact) mass is 504 g/mol. The Hall–Kier alpha value is -3.32. The van der Waals surface area contributed by atoms with Crippen LogP contribution in [-0.2, 0) is 12.8 Å². The molecule has 2 N–H and O–H groups in total. The number of carbonyl (C=O) groups excluding carboxylic acids is 2. The molecule has 1 aliphatic carbocycles. The van der Waals surface area contributed by atoms with Crippen molar-refractivity contribution in [3.8, 4) is 11.5 Å². The van der Waals surface area contributed by atoms with Gasteiger partial charge in [0.2, 0.25) is 0 Å². The van der Waals surface area contributed by atoms with Gasteiger partial charge in [0, 0.05) is 4.88 Å². The lowest BCUT2D eigenvalue weighted by Gasteiger charge is -2.34. The molecule has 6 nitrogen and oxygen atoms in total. The molecule has 7 heteroatoms. The topological polar surface area (TPSA) is 76.7 Å². The van der Waals surface area contributed by atoms with Crippen LogP contribution in [0.5, 0.6) is 11.5 Å². The summed E-state index contributed by atoms with van der Waals surface area (Å²) >= 11 is 1.71. The Morgan fingerprint density at radius 2 is 1.81 bits per heavy atom. The highest BCUT2D eigenvalue weighted by Crippen LogP contribution is 2.46. The number of fused-ring (bicyclic) bond motifs is 3. The van der Waals surface area contributed by atoms with Gasteiger partial charge in [-0.05, 0) is 72.9 Å². The number of nitrogens with one attached hydrogen (secondary N) is 2. The molecule has 1 amide bonds. The van der Waals surface area contributed by atoms with Crippen LogP contribution in [0.15, 0.2) is 42.5 Å². The number of hydrogen-bond acceptors (Lipinski definition) is 6. The van der Waals surface area contributed by atoms with Crippen molar-refractivity contribution in [3.05, 3.63) is 75.2 Å². The summed E-state index contributed by atoms with van der Waals surface area (Å²) < 4.78 is 11.1. The first-order valence-corrected chi connectivity index (χ1v) is 13.1. The van der Waals surface area contributed by atoms with Gasteiger partial charge in [-0.1, -0.05) is 44.5 Å². The van der Waals surface area contributed by atoms with E-state index < -0.39 is 12.1 Å². The van der Waals surface area contributed by atoms with E-state index in [-0.39, 0.29) is 11.3 Å². The molecule has 0 spiro atoms. The van der Waals surface area contributed by atoms with Gasteiger partial charge in [0.15, 0.2) is 11.5 Å². The second-order valence-electron chi connectivity index (χ2n) is 10.7. The number of esters is 1. The third-order valence-electron chi connectivity index (χ3n) is 7.28. The van der Waals surface area contributed by atoms with Crippen molar-refractivity contribution in [1.29, 1.82) is 0 Å². The van der Waals surface area contributed by atoms with Crippen LogP contribution >= 0.6 is 11.3 Å². The van der Waals surface area contributed by atoms with E-state index in [9.17, 15) is 9.59 Å². The van der Waals surface area contributed by atoms with E-state index in [0.29, 0.717) is 23.0 Å². The summed E-state index contributed by atoms with van der Waals surface area (Å²) in [5, 5.41) is 7.55. The van der Waals surface area contributed by atoms with Gasteiger partial charge in [0.25, 0.3) is 5.91 Å². The van der Waals surface area contributed by atoms with Crippen LogP contribution in [0.2, 0.25) is 0 Å². The standard InChI is InChI=1S/C29H32N2O4S/c1-16-6-8-17(9-7-16)28(33)35-21-13-10-18(14-22(21)34-5)25-30-26(32)24-20-12-11-19(29(2,3)4)15-23(20)36-27(24)31-25/h6-10,13-14,19,25,31H,11-12,15H2,1-5H3,(H,30,32)/t19-,25-/m1/s1. The number of methoxy groups -OCH3 is 1. The first kappa shape index (κ1) is 24.4. The Bertz CT molecular complexity index is 1320. The first-order chi connectivity index (χ1) is 17.1. The van der Waals surface area contributed by atoms with Crippen LogP contribution in [-0.4, -0.2) is 19.0 Å². The number of thiophene rings is 1. The Morgan fingerprint density at radius 3 is 2.50 bits per heavy atom. The lowest BCUT2D eigenvalue weighted by atomic mass is 9.72. The molecule has 2 heterocycles. The summed E-state index contributed by atoms with van der Waals surface area (Å²) in [4.78, 5) is 27.1. The molecule has 1 aliphatic heterocycles. The summed E-state index contributed by atoms with van der Waals surface area (Å²) in [5.74, 6) is 0.868. The number of ether oxygens (including phenoxy) is 2. The van der Waals surface area contributed by atoms with E-state index in [0.717, 1.165) is 41.0 Å². The predicted molar refractivity (Wildman–Crippen MR) is 142 cm³/mol. The fourth-order valence-corrected chi connectivity index (χ4v) is 6.35. The quantitative estimate of drug-likeness (QED) is 0.323. The Morgan fingerprint density at radius 1 is 1.06 bits per heavy atom. The molecule has 0 saturated carbocycles. The third-order valence-corrected chi connectivity index (χ3v) is 8.46. The van der Waals surface area contributed by atoms with Crippen LogP contribution in [0, 0.1) is 18.3 Å². The molecule has 0 bridgehead atoms. The Kier molecular flexibility index (Phi) is 6.29. The largest absolute Gasteiger partial charge is 0.493 e. The van der Waals surface area contributed by atoms with Crippen LogP contribution in [0.25, 0.3) is 0 Å². The average Bonchev–Trinajstić information content (AvgIpc) is 3.22. The maximum Gasteiger partial charge on any atom is 0.343 e. The zero-order chi connectivity index (χ0) is 25.6. The number of aryl methyl sites for hydroxylation is 1. The molecule has 0 saturated heterocycles. The van der Waals surface area contributed by atoms with Crippen molar-refractivity contribution in [2.45, 2.75) is 53.1 Å². The molecule has 0 fully saturated rings. The van der Waals surface area contributed by atoms with Crippen molar-refractivity contribution in [2.24, 2.45) is 11.3 Å². The second kappa shape index (κ2) is 9.28. The summed E-state index contributed by atoms with van der Waals surface area (Å²) in [6.45, 7) is 8.86. The van der Waals surface area contributed by atoms with Gasteiger partial charge in [0.1, 0.15) is 11.2 Å². The molecule has 2 aromatic carbocycles. The lowest BCUT2D eigenvalue weighted by Crippen LogP contribution is -2.38. The molecule has 1 aromatic heterocycles. The maximum atomic E-state index is 13.2. The molecular formula is C29H32N2O4S. The summed E-state index contributed by atoms with van der Waals surface area (Å²) in [5.41, 5.74) is 4.61. The Balaban J connectivity index is 1.36. The van der Waals surface area contributed by atoms with Gasteiger partial charge in [-0.25, -0.2) is 4.79 Å². The normalized spacial score (nSPS) is 19.0. The number of hydrogen-bond donors (Lipinski definition) is 2. The van der Waals surface area contributed by atoms with E-state index in [4.69, 9.17) is 9.47 Å². The van der Waals surface area contributed by atoms with Crippen molar-refractivity contribution in [3.63, 3.8) is 0 Å². The molecular weight excluding hydrogens is 472 g/mol. The highest BCUT2D eigenvalue weighted by molar-refractivity contribution is 7.16. The number of carbonyl (C=O) groups is 2. The van der Waals surface area contributed by atoms with Crippen LogP contribution < -0.4 is 20.1 Å². The first-order valence-electron chi connectivity index (χ1n) is 12.3. The van der Waals surface area contributed by atoms with E-state index in [1.54, 1.807) is 35.6 Å². The predicted octanol–water partition coefficient (Wildman–Crippen LogP) is 6.29. The highest BCUT2D eigenvalue weighted by atomic mass is 32.1. The summed E-state index contributed by atoms with van der Waals surface area (Å²) in [6, 6.07) is 12.6.